The Morgan fingerprint density at radius 2 is 2.24 bits per heavy atom. The highest BCUT2D eigenvalue weighted by Gasteiger charge is 2.21. The molecule has 1 heterocycles. The molecule has 1 aromatic carbocycles. The number of aromatic carboxylic acids is 1. The molecule has 1 unspecified atom stereocenters. The quantitative estimate of drug-likeness (QED) is 0.774. The van der Waals surface area contributed by atoms with Gasteiger partial charge in [-0.05, 0) is 44.6 Å². The number of carbonyl (C=O) groups excluding carboxylic acids is 1. The second kappa shape index (κ2) is 6.91. The average Bonchev–Trinajstić information content (AvgIpc) is 2.81. The number of anilines is 1. The van der Waals surface area contributed by atoms with Crippen LogP contribution < -0.4 is 10.6 Å². The lowest BCUT2D eigenvalue weighted by Crippen LogP contribution is -2.40. The summed E-state index contributed by atoms with van der Waals surface area (Å²) < 4.78 is 0.707. The molecule has 1 saturated heterocycles. The van der Waals surface area contributed by atoms with Gasteiger partial charge in [-0.2, -0.15) is 0 Å². The predicted octanol–water partition coefficient (Wildman–Crippen LogP) is 2.36. The van der Waals surface area contributed by atoms with Gasteiger partial charge in [0.2, 0.25) is 0 Å². The van der Waals surface area contributed by atoms with Crippen molar-refractivity contribution in [3.63, 3.8) is 0 Å². The minimum Gasteiger partial charge on any atom is -0.478 e. The van der Waals surface area contributed by atoms with Crippen molar-refractivity contribution in [2.75, 3.05) is 25.5 Å². The van der Waals surface area contributed by atoms with Crippen molar-refractivity contribution in [3.05, 3.63) is 28.2 Å². The van der Waals surface area contributed by atoms with Crippen molar-refractivity contribution in [2.45, 2.75) is 18.9 Å². The van der Waals surface area contributed by atoms with Crippen LogP contribution in [-0.2, 0) is 0 Å². The molecule has 2 amide bonds. The average molecular weight is 356 g/mol. The number of nitrogens with one attached hydrogen (secondary N) is 2. The fourth-order valence-corrected chi connectivity index (χ4v) is 2.78. The number of carboxylic acids is 1. The van der Waals surface area contributed by atoms with Crippen molar-refractivity contribution >= 4 is 33.6 Å². The standard InChI is InChI=1S/C14H18BrN3O3/c1-18-6-2-3-10(18)8-16-14(21)17-12-7-9(15)4-5-11(12)13(19)20/h4-5,7,10H,2-3,6,8H2,1H3,(H,19,20)(H2,16,17,21). The predicted molar refractivity (Wildman–Crippen MR) is 83.8 cm³/mol. The molecule has 21 heavy (non-hydrogen) atoms. The summed E-state index contributed by atoms with van der Waals surface area (Å²) in [7, 11) is 2.04. The molecule has 1 aromatic rings. The van der Waals surface area contributed by atoms with E-state index in [9.17, 15) is 9.59 Å². The maximum absolute atomic E-state index is 11.9. The molecule has 6 nitrogen and oxygen atoms in total. The lowest BCUT2D eigenvalue weighted by Gasteiger charge is -2.20. The molecule has 1 aliphatic heterocycles. The van der Waals surface area contributed by atoms with E-state index in [0.29, 0.717) is 17.1 Å². The van der Waals surface area contributed by atoms with E-state index < -0.39 is 12.0 Å². The molecule has 7 heteroatoms. The van der Waals surface area contributed by atoms with Gasteiger partial charge in [-0.15, -0.1) is 0 Å². The van der Waals surface area contributed by atoms with Crippen molar-refractivity contribution in [1.82, 2.24) is 10.2 Å². The third kappa shape index (κ3) is 4.18. The molecule has 1 atom stereocenters. The van der Waals surface area contributed by atoms with Crippen LogP contribution in [0.15, 0.2) is 22.7 Å². The molecule has 0 spiro atoms. The third-order valence-electron chi connectivity index (χ3n) is 3.63. The lowest BCUT2D eigenvalue weighted by molar-refractivity contribution is 0.0698. The highest BCUT2D eigenvalue weighted by molar-refractivity contribution is 9.10. The summed E-state index contributed by atoms with van der Waals surface area (Å²) in [5, 5.41) is 14.5. The molecule has 2 rings (SSSR count). The zero-order chi connectivity index (χ0) is 15.4. The van der Waals surface area contributed by atoms with Crippen LogP contribution in [0.3, 0.4) is 0 Å². The van der Waals surface area contributed by atoms with Gasteiger partial charge in [-0.25, -0.2) is 9.59 Å². The second-order valence-corrected chi connectivity index (χ2v) is 6.02. The van der Waals surface area contributed by atoms with Crippen LogP contribution >= 0.6 is 15.9 Å². The Morgan fingerprint density at radius 1 is 1.48 bits per heavy atom. The summed E-state index contributed by atoms with van der Waals surface area (Å²) in [5.74, 6) is -1.08. The van der Waals surface area contributed by atoms with Gasteiger partial charge >= 0.3 is 12.0 Å². The van der Waals surface area contributed by atoms with E-state index >= 15 is 0 Å². The summed E-state index contributed by atoms with van der Waals surface area (Å²) in [6.45, 7) is 1.60. The summed E-state index contributed by atoms with van der Waals surface area (Å²) in [4.78, 5) is 25.3. The summed E-state index contributed by atoms with van der Waals surface area (Å²) in [6.07, 6.45) is 2.20. The SMILES string of the molecule is CN1CCCC1CNC(=O)Nc1cc(Br)ccc1C(=O)O. The van der Waals surface area contributed by atoms with Gasteiger partial charge in [-0.3, -0.25) is 0 Å². The monoisotopic (exact) mass is 355 g/mol. The van der Waals surface area contributed by atoms with Crippen molar-refractivity contribution < 1.29 is 14.7 Å². The molecule has 0 aromatic heterocycles. The molecular formula is C14H18BrN3O3. The number of carboxylic acid groups (broad SMARTS) is 1. The minimum atomic E-state index is -1.08. The first kappa shape index (κ1) is 15.8. The van der Waals surface area contributed by atoms with Gasteiger partial charge in [0.05, 0.1) is 11.3 Å². The van der Waals surface area contributed by atoms with Crippen LogP contribution in [0.2, 0.25) is 0 Å². The third-order valence-corrected chi connectivity index (χ3v) is 4.12. The first-order valence-electron chi connectivity index (χ1n) is 6.75. The number of hydrogen-bond acceptors (Lipinski definition) is 3. The highest BCUT2D eigenvalue weighted by atomic mass is 79.9. The molecule has 1 aliphatic rings. The lowest BCUT2D eigenvalue weighted by atomic mass is 10.2. The van der Waals surface area contributed by atoms with Gasteiger partial charge in [0, 0.05) is 17.1 Å². The van der Waals surface area contributed by atoms with E-state index in [4.69, 9.17) is 5.11 Å². The number of amides is 2. The summed E-state index contributed by atoms with van der Waals surface area (Å²) in [5.41, 5.74) is 0.334. The molecular weight excluding hydrogens is 338 g/mol. The Morgan fingerprint density at radius 3 is 2.86 bits per heavy atom. The zero-order valence-corrected chi connectivity index (χ0v) is 13.3. The van der Waals surface area contributed by atoms with Crippen LogP contribution in [0, 0.1) is 0 Å². The number of carbonyl (C=O) groups is 2. The van der Waals surface area contributed by atoms with E-state index in [1.165, 1.54) is 6.07 Å². The number of likely N-dealkylation sites (N-methyl/N-ethyl adjacent to an activating group) is 1. The van der Waals surface area contributed by atoms with E-state index in [1.807, 2.05) is 7.05 Å². The van der Waals surface area contributed by atoms with Crippen LogP contribution in [0.25, 0.3) is 0 Å². The van der Waals surface area contributed by atoms with E-state index in [1.54, 1.807) is 12.1 Å². The molecule has 0 saturated carbocycles. The van der Waals surface area contributed by atoms with Crippen molar-refractivity contribution in [2.24, 2.45) is 0 Å². The van der Waals surface area contributed by atoms with Crippen molar-refractivity contribution in [3.8, 4) is 0 Å². The van der Waals surface area contributed by atoms with Gasteiger partial charge in [0.15, 0.2) is 0 Å². The molecule has 114 valence electrons. The van der Waals surface area contributed by atoms with E-state index in [-0.39, 0.29) is 11.3 Å². The molecule has 0 bridgehead atoms. The molecule has 0 radical (unpaired) electrons. The Hall–Kier alpha value is -1.60. The maximum Gasteiger partial charge on any atom is 0.337 e. The number of halogens is 1. The van der Waals surface area contributed by atoms with Gasteiger partial charge < -0.3 is 20.6 Å². The number of hydrogen-bond donors (Lipinski definition) is 3. The number of benzene rings is 1. The fourth-order valence-electron chi connectivity index (χ4n) is 2.42. The molecule has 3 N–H and O–H groups in total. The van der Waals surface area contributed by atoms with E-state index in [0.717, 1.165) is 19.4 Å². The summed E-state index contributed by atoms with van der Waals surface area (Å²) >= 11 is 3.26. The molecule has 0 aliphatic carbocycles. The Bertz CT molecular complexity index is 550. The number of likely N-dealkylation sites (tertiary alicyclic amines) is 1. The zero-order valence-electron chi connectivity index (χ0n) is 11.7. The van der Waals surface area contributed by atoms with Gasteiger partial charge in [-0.1, -0.05) is 15.9 Å². The first-order valence-corrected chi connectivity index (χ1v) is 7.54. The Labute approximate surface area is 131 Å². The molecule has 1 fully saturated rings. The second-order valence-electron chi connectivity index (χ2n) is 5.11. The van der Waals surface area contributed by atoms with Crippen LogP contribution in [0.5, 0.6) is 0 Å². The van der Waals surface area contributed by atoms with Gasteiger partial charge in [0.1, 0.15) is 0 Å². The normalized spacial score (nSPS) is 18.5. The summed E-state index contributed by atoms with van der Waals surface area (Å²) in [6, 6.07) is 4.60. The van der Waals surface area contributed by atoms with Gasteiger partial charge in [0.25, 0.3) is 0 Å². The van der Waals surface area contributed by atoms with E-state index in [2.05, 4.69) is 31.5 Å². The Kier molecular flexibility index (Phi) is 5.19. The highest BCUT2D eigenvalue weighted by Crippen LogP contribution is 2.21. The van der Waals surface area contributed by atoms with Crippen molar-refractivity contribution in [1.29, 1.82) is 0 Å². The number of nitrogens with zero attached hydrogens (tertiary/aromatic N) is 1. The topological polar surface area (TPSA) is 81.7 Å². The Balaban J connectivity index is 1.96. The van der Waals surface area contributed by atoms with Crippen LogP contribution in [0.4, 0.5) is 10.5 Å². The number of rotatable bonds is 4. The van der Waals surface area contributed by atoms with Crippen LogP contribution in [-0.4, -0.2) is 48.2 Å². The minimum absolute atomic E-state index is 0.0614. The maximum atomic E-state index is 11.9. The van der Waals surface area contributed by atoms with Crippen LogP contribution in [0.1, 0.15) is 23.2 Å². The number of urea groups is 1. The smallest absolute Gasteiger partial charge is 0.337 e. The fraction of sp³-hybridized carbons (Fsp3) is 0.429. The largest absolute Gasteiger partial charge is 0.478 e. The first-order chi connectivity index (χ1) is 9.97.